The Kier molecular flexibility index (Phi) is 5.13. The SMILES string of the molecule is CCCCCCCCOc1ccc2[nH]ccc2c1. The maximum Gasteiger partial charge on any atom is 0.120 e. The lowest BCUT2D eigenvalue weighted by atomic mass is 10.1. The van der Waals surface area contributed by atoms with E-state index in [2.05, 4.69) is 30.1 Å². The van der Waals surface area contributed by atoms with Gasteiger partial charge in [-0.3, -0.25) is 0 Å². The van der Waals surface area contributed by atoms with Crippen LogP contribution in [-0.4, -0.2) is 11.6 Å². The highest BCUT2D eigenvalue weighted by Gasteiger charge is 1.98. The third-order valence-electron chi connectivity index (χ3n) is 3.29. The van der Waals surface area contributed by atoms with Crippen LogP contribution in [0.5, 0.6) is 5.75 Å². The van der Waals surface area contributed by atoms with Crippen LogP contribution in [0, 0.1) is 0 Å². The van der Waals surface area contributed by atoms with Crippen LogP contribution >= 0.6 is 0 Å². The van der Waals surface area contributed by atoms with E-state index in [0.29, 0.717) is 0 Å². The van der Waals surface area contributed by atoms with Crippen LogP contribution in [0.2, 0.25) is 0 Å². The fourth-order valence-corrected chi connectivity index (χ4v) is 2.19. The van der Waals surface area contributed by atoms with E-state index in [4.69, 9.17) is 4.74 Å². The number of aromatic nitrogens is 1. The highest BCUT2D eigenvalue weighted by molar-refractivity contribution is 5.80. The molecule has 0 aliphatic carbocycles. The molecule has 0 unspecified atom stereocenters. The summed E-state index contributed by atoms with van der Waals surface area (Å²) in [7, 11) is 0. The molecule has 1 aromatic heterocycles. The average Bonchev–Trinajstić information content (AvgIpc) is 2.85. The molecule has 0 bridgehead atoms. The van der Waals surface area contributed by atoms with Gasteiger partial charge in [-0.15, -0.1) is 0 Å². The van der Waals surface area contributed by atoms with Crippen LogP contribution in [-0.2, 0) is 0 Å². The number of rotatable bonds is 8. The van der Waals surface area contributed by atoms with Gasteiger partial charge in [-0.1, -0.05) is 39.0 Å². The first-order valence-electron chi connectivity index (χ1n) is 7.10. The minimum atomic E-state index is 0.835. The van der Waals surface area contributed by atoms with Crippen molar-refractivity contribution >= 4 is 10.9 Å². The molecule has 2 nitrogen and oxygen atoms in total. The Labute approximate surface area is 109 Å². The van der Waals surface area contributed by atoms with E-state index in [1.807, 2.05) is 12.3 Å². The second-order valence-electron chi connectivity index (χ2n) is 4.84. The number of aromatic amines is 1. The van der Waals surface area contributed by atoms with E-state index in [-0.39, 0.29) is 0 Å². The van der Waals surface area contributed by atoms with Crippen molar-refractivity contribution in [2.75, 3.05) is 6.61 Å². The van der Waals surface area contributed by atoms with Gasteiger partial charge in [0, 0.05) is 17.1 Å². The maximum absolute atomic E-state index is 5.78. The van der Waals surface area contributed by atoms with Gasteiger partial charge in [0.15, 0.2) is 0 Å². The lowest BCUT2D eigenvalue weighted by Crippen LogP contribution is -1.97. The average molecular weight is 245 g/mol. The summed E-state index contributed by atoms with van der Waals surface area (Å²) in [5.41, 5.74) is 1.17. The van der Waals surface area contributed by atoms with Crippen molar-refractivity contribution in [3.05, 3.63) is 30.5 Å². The molecule has 0 aliphatic heterocycles. The number of nitrogens with one attached hydrogen (secondary N) is 1. The molecule has 1 heterocycles. The highest BCUT2D eigenvalue weighted by atomic mass is 16.5. The fraction of sp³-hybridized carbons (Fsp3) is 0.500. The summed E-state index contributed by atoms with van der Waals surface area (Å²) in [4.78, 5) is 3.19. The zero-order chi connectivity index (χ0) is 12.6. The monoisotopic (exact) mass is 245 g/mol. The largest absolute Gasteiger partial charge is 0.494 e. The normalized spacial score (nSPS) is 10.9. The van der Waals surface area contributed by atoms with Gasteiger partial charge in [-0.05, 0) is 30.7 Å². The van der Waals surface area contributed by atoms with Gasteiger partial charge in [0.2, 0.25) is 0 Å². The molecule has 2 rings (SSSR count). The van der Waals surface area contributed by atoms with Crippen LogP contribution in [0.4, 0.5) is 0 Å². The first kappa shape index (κ1) is 13.0. The summed E-state index contributed by atoms with van der Waals surface area (Å²) >= 11 is 0. The van der Waals surface area contributed by atoms with Crippen molar-refractivity contribution in [2.45, 2.75) is 45.4 Å². The van der Waals surface area contributed by atoms with E-state index < -0.39 is 0 Å². The summed E-state index contributed by atoms with van der Waals surface area (Å²) in [6, 6.07) is 8.29. The van der Waals surface area contributed by atoms with Crippen molar-refractivity contribution in [1.29, 1.82) is 0 Å². The van der Waals surface area contributed by atoms with E-state index in [0.717, 1.165) is 18.8 Å². The number of fused-ring (bicyclic) bond motifs is 1. The van der Waals surface area contributed by atoms with Crippen molar-refractivity contribution in [2.24, 2.45) is 0 Å². The number of hydrogen-bond donors (Lipinski definition) is 1. The number of H-pyrrole nitrogens is 1. The molecule has 0 spiro atoms. The Morgan fingerprint density at radius 2 is 1.83 bits per heavy atom. The molecule has 0 saturated carbocycles. The van der Waals surface area contributed by atoms with Crippen LogP contribution in [0.25, 0.3) is 10.9 Å². The quantitative estimate of drug-likeness (QED) is 0.657. The zero-order valence-electron chi connectivity index (χ0n) is 11.2. The maximum atomic E-state index is 5.78. The third-order valence-corrected chi connectivity index (χ3v) is 3.29. The minimum Gasteiger partial charge on any atom is -0.494 e. The van der Waals surface area contributed by atoms with Crippen molar-refractivity contribution in [1.82, 2.24) is 4.98 Å². The molecule has 98 valence electrons. The number of benzene rings is 1. The first-order chi connectivity index (χ1) is 8.90. The third kappa shape index (κ3) is 3.80. The Morgan fingerprint density at radius 3 is 2.72 bits per heavy atom. The summed E-state index contributed by atoms with van der Waals surface area (Å²) in [6.07, 6.45) is 9.79. The molecule has 0 fully saturated rings. The molecule has 0 radical (unpaired) electrons. The van der Waals surface area contributed by atoms with Gasteiger partial charge in [-0.25, -0.2) is 0 Å². The number of hydrogen-bond acceptors (Lipinski definition) is 1. The molecule has 1 aromatic carbocycles. The Bertz CT molecular complexity index is 461. The smallest absolute Gasteiger partial charge is 0.120 e. The van der Waals surface area contributed by atoms with Crippen molar-refractivity contribution in [3.8, 4) is 5.75 Å². The molecular formula is C16H23NO. The van der Waals surface area contributed by atoms with Gasteiger partial charge < -0.3 is 9.72 Å². The standard InChI is InChI=1S/C16H23NO/c1-2-3-4-5-6-7-12-18-15-8-9-16-14(13-15)10-11-17-16/h8-11,13,17H,2-7,12H2,1H3. The van der Waals surface area contributed by atoms with Gasteiger partial charge in [-0.2, -0.15) is 0 Å². The summed E-state index contributed by atoms with van der Waals surface area (Å²) in [5, 5.41) is 1.22. The van der Waals surface area contributed by atoms with Gasteiger partial charge in [0.25, 0.3) is 0 Å². The number of unbranched alkanes of at least 4 members (excludes halogenated alkanes) is 5. The molecule has 0 atom stereocenters. The first-order valence-corrected chi connectivity index (χ1v) is 7.10. The molecule has 0 saturated heterocycles. The van der Waals surface area contributed by atoms with Crippen molar-refractivity contribution < 1.29 is 4.74 Å². The van der Waals surface area contributed by atoms with Crippen LogP contribution in [0.1, 0.15) is 45.4 Å². The topological polar surface area (TPSA) is 25.0 Å². The highest BCUT2D eigenvalue weighted by Crippen LogP contribution is 2.19. The predicted octanol–water partition coefficient (Wildman–Crippen LogP) is 4.91. The second-order valence-corrected chi connectivity index (χ2v) is 4.84. The second kappa shape index (κ2) is 7.10. The molecule has 2 heteroatoms. The lowest BCUT2D eigenvalue weighted by molar-refractivity contribution is 0.305. The summed E-state index contributed by atoms with van der Waals surface area (Å²) in [5.74, 6) is 0.982. The van der Waals surface area contributed by atoms with Gasteiger partial charge in [0.05, 0.1) is 6.61 Å². The summed E-state index contributed by atoms with van der Waals surface area (Å²) < 4.78 is 5.78. The van der Waals surface area contributed by atoms with E-state index in [1.54, 1.807) is 0 Å². The lowest BCUT2D eigenvalue weighted by Gasteiger charge is -2.06. The zero-order valence-corrected chi connectivity index (χ0v) is 11.2. The van der Waals surface area contributed by atoms with Gasteiger partial charge >= 0.3 is 0 Å². The fourth-order valence-electron chi connectivity index (χ4n) is 2.19. The Morgan fingerprint density at radius 1 is 1.00 bits per heavy atom. The van der Waals surface area contributed by atoms with Crippen LogP contribution in [0.3, 0.4) is 0 Å². The minimum absolute atomic E-state index is 0.835. The molecule has 1 N–H and O–H groups in total. The Hall–Kier alpha value is -1.44. The van der Waals surface area contributed by atoms with Crippen LogP contribution < -0.4 is 4.74 Å². The molecule has 2 aromatic rings. The van der Waals surface area contributed by atoms with E-state index in [1.165, 1.54) is 43.0 Å². The molecule has 0 amide bonds. The Balaban J connectivity index is 1.67. The predicted molar refractivity (Wildman–Crippen MR) is 77.2 cm³/mol. The molecule has 18 heavy (non-hydrogen) atoms. The van der Waals surface area contributed by atoms with E-state index in [9.17, 15) is 0 Å². The molecular weight excluding hydrogens is 222 g/mol. The van der Waals surface area contributed by atoms with Crippen molar-refractivity contribution in [3.63, 3.8) is 0 Å². The molecule has 0 aliphatic rings. The number of ether oxygens (including phenoxy) is 1. The van der Waals surface area contributed by atoms with Crippen LogP contribution in [0.15, 0.2) is 30.5 Å². The van der Waals surface area contributed by atoms with E-state index >= 15 is 0 Å². The summed E-state index contributed by atoms with van der Waals surface area (Å²) in [6.45, 7) is 3.09. The van der Waals surface area contributed by atoms with Gasteiger partial charge in [0.1, 0.15) is 5.75 Å².